The van der Waals surface area contributed by atoms with Crippen molar-refractivity contribution in [3.63, 3.8) is 0 Å². The Morgan fingerprint density at radius 1 is 1.31 bits per heavy atom. The Balaban J connectivity index is 1.71. The van der Waals surface area contributed by atoms with Gasteiger partial charge in [0.1, 0.15) is 0 Å². The average molecular weight is 182 g/mol. The van der Waals surface area contributed by atoms with Crippen molar-refractivity contribution in [3.8, 4) is 0 Å². The number of likely N-dealkylation sites (N-methyl/N-ethyl adjacent to an activating group) is 1. The van der Waals surface area contributed by atoms with Crippen LogP contribution in [0.3, 0.4) is 0 Å². The smallest absolute Gasteiger partial charge is 0.0209 e. The van der Waals surface area contributed by atoms with Gasteiger partial charge in [-0.05, 0) is 45.7 Å². The molecule has 1 aliphatic carbocycles. The van der Waals surface area contributed by atoms with Gasteiger partial charge >= 0.3 is 0 Å². The molecule has 0 radical (unpaired) electrons. The van der Waals surface area contributed by atoms with Crippen LogP contribution in [0.4, 0.5) is 0 Å². The highest BCUT2D eigenvalue weighted by atomic mass is 15.2. The molecule has 2 heteroatoms. The van der Waals surface area contributed by atoms with Crippen LogP contribution in [-0.4, -0.2) is 37.1 Å². The molecule has 1 N–H and O–H groups in total. The number of rotatable bonds is 3. The van der Waals surface area contributed by atoms with Crippen LogP contribution in [0, 0.1) is 5.92 Å². The van der Waals surface area contributed by atoms with Crippen molar-refractivity contribution in [1.29, 1.82) is 0 Å². The molecule has 2 rings (SSSR count). The van der Waals surface area contributed by atoms with Gasteiger partial charge in [-0.3, -0.25) is 0 Å². The molecule has 2 unspecified atom stereocenters. The van der Waals surface area contributed by atoms with E-state index in [0.29, 0.717) is 0 Å². The lowest BCUT2D eigenvalue weighted by Crippen LogP contribution is -2.44. The van der Waals surface area contributed by atoms with Crippen LogP contribution in [0.1, 0.15) is 32.6 Å². The van der Waals surface area contributed by atoms with Crippen LogP contribution in [0.25, 0.3) is 0 Å². The van der Waals surface area contributed by atoms with Crippen molar-refractivity contribution < 1.29 is 0 Å². The van der Waals surface area contributed by atoms with E-state index in [-0.39, 0.29) is 0 Å². The Hall–Kier alpha value is -0.0800. The van der Waals surface area contributed by atoms with Gasteiger partial charge in [0.05, 0.1) is 0 Å². The molecule has 76 valence electrons. The molecule has 0 amide bonds. The molecule has 0 aromatic heterocycles. The predicted molar refractivity (Wildman–Crippen MR) is 55.8 cm³/mol. The zero-order chi connectivity index (χ0) is 9.26. The van der Waals surface area contributed by atoms with Gasteiger partial charge in [0.2, 0.25) is 0 Å². The number of hydrogen-bond donors (Lipinski definition) is 1. The van der Waals surface area contributed by atoms with E-state index in [1.807, 2.05) is 0 Å². The summed E-state index contributed by atoms with van der Waals surface area (Å²) in [5.74, 6) is 0.978. The SMILES string of the molecule is CC(NC1CCN(C)C1)C1CCC1. The molecule has 2 atom stereocenters. The summed E-state index contributed by atoms with van der Waals surface area (Å²) in [7, 11) is 2.22. The number of nitrogens with one attached hydrogen (secondary N) is 1. The zero-order valence-electron chi connectivity index (χ0n) is 8.92. The van der Waals surface area contributed by atoms with Gasteiger partial charge in [-0.15, -0.1) is 0 Å². The largest absolute Gasteiger partial charge is 0.310 e. The second-order valence-corrected chi connectivity index (χ2v) is 4.89. The fourth-order valence-electron chi connectivity index (χ4n) is 2.52. The molecule has 0 aromatic carbocycles. The van der Waals surface area contributed by atoms with Crippen LogP contribution in [0.5, 0.6) is 0 Å². The van der Waals surface area contributed by atoms with Gasteiger partial charge in [0.25, 0.3) is 0 Å². The summed E-state index contributed by atoms with van der Waals surface area (Å²) in [6.45, 7) is 4.88. The van der Waals surface area contributed by atoms with E-state index in [9.17, 15) is 0 Å². The van der Waals surface area contributed by atoms with E-state index >= 15 is 0 Å². The molecule has 2 nitrogen and oxygen atoms in total. The number of likely N-dealkylation sites (tertiary alicyclic amines) is 1. The molecule has 1 saturated carbocycles. The predicted octanol–water partition coefficient (Wildman–Crippen LogP) is 1.47. The molecule has 1 saturated heterocycles. The van der Waals surface area contributed by atoms with Crippen molar-refractivity contribution in [3.05, 3.63) is 0 Å². The Morgan fingerprint density at radius 3 is 2.54 bits per heavy atom. The summed E-state index contributed by atoms with van der Waals surface area (Å²) in [4.78, 5) is 2.42. The summed E-state index contributed by atoms with van der Waals surface area (Å²) >= 11 is 0. The third-order valence-corrected chi connectivity index (χ3v) is 3.75. The summed E-state index contributed by atoms with van der Waals surface area (Å²) in [5, 5.41) is 3.77. The molecule has 1 heterocycles. The van der Waals surface area contributed by atoms with E-state index in [4.69, 9.17) is 0 Å². The Morgan fingerprint density at radius 2 is 2.08 bits per heavy atom. The first-order valence-electron chi connectivity index (χ1n) is 5.70. The molecule has 13 heavy (non-hydrogen) atoms. The number of nitrogens with zero attached hydrogens (tertiary/aromatic N) is 1. The minimum Gasteiger partial charge on any atom is -0.310 e. The average Bonchev–Trinajstić information content (AvgIpc) is 2.31. The van der Waals surface area contributed by atoms with Crippen LogP contribution in [0.2, 0.25) is 0 Å². The Bertz CT molecular complexity index is 165. The van der Waals surface area contributed by atoms with E-state index in [1.165, 1.54) is 38.8 Å². The molecule has 0 aromatic rings. The topological polar surface area (TPSA) is 15.3 Å². The van der Waals surface area contributed by atoms with Crippen molar-refractivity contribution >= 4 is 0 Å². The monoisotopic (exact) mass is 182 g/mol. The summed E-state index contributed by atoms with van der Waals surface area (Å²) < 4.78 is 0. The summed E-state index contributed by atoms with van der Waals surface area (Å²) in [6.07, 6.45) is 5.71. The lowest BCUT2D eigenvalue weighted by atomic mass is 9.80. The Kier molecular flexibility index (Phi) is 2.89. The maximum absolute atomic E-state index is 3.77. The van der Waals surface area contributed by atoms with E-state index < -0.39 is 0 Å². The molecule has 0 bridgehead atoms. The first-order valence-corrected chi connectivity index (χ1v) is 5.70. The maximum atomic E-state index is 3.77. The minimum absolute atomic E-state index is 0.755. The normalized spacial score (nSPS) is 33.2. The van der Waals surface area contributed by atoms with Gasteiger partial charge < -0.3 is 10.2 Å². The quantitative estimate of drug-likeness (QED) is 0.711. The molecular weight excluding hydrogens is 160 g/mol. The third kappa shape index (κ3) is 2.23. The first-order chi connectivity index (χ1) is 6.25. The van der Waals surface area contributed by atoms with Crippen molar-refractivity contribution in [1.82, 2.24) is 10.2 Å². The van der Waals surface area contributed by atoms with Gasteiger partial charge in [-0.2, -0.15) is 0 Å². The van der Waals surface area contributed by atoms with Crippen molar-refractivity contribution in [2.24, 2.45) is 5.92 Å². The molecular formula is C11H22N2. The first kappa shape index (κ1) is 9.47. The molecule has 0 spiro atoms. The lowest BCUT2D eigenvalue weighted by molar-refractivity contribution is 0.226. The highest BCUT2D eigenvalue weighted by molar-refractivity contribution is 4.86. The standard InChI is InChI=1S/C11H22N2/c1-9(10-4-3-5-10)12-11-6-7-13(2)8-11/h9-12H,3-8H2,1-2H3. The summed E-state index contributed by atoms with van der Waals surface area (Å²) in [5.41, 5.74) is 0. The van der Waals surface area contributed by atoms with Crippen LogP contribution in [0.15, 0.2) is 0 Å². The van der Waals surface area contributed by atoms with Gasteiger partial charge in [-0.1, -0.05) is 6.42 Å². The van der Waals surface area contributed by atoms with Crippen LogP contribution >= 0.6 is 0 Å². The summed E-state index contributed by atoms with van der Waals surface area (Å²) in [6, 6.07) is 1.52. The fourth-order valence-corrected chi connectivity index (χ4v) is 2.52. The van der Waals surface area contributed by atoms with Gasteiger partial charge in [0.15, 0.2) is 0 Å². The molecule has 1 aliphatic heterocycles. The molecule has 2 aliphatic rings. The third-order valence-electron chi connectivity index (χ3n) is 3.75. The molecule has 2 fully saturated rings. The lowest BCUT2D eigenvalue weighted by Gasteiger charge is -2.33. The fraction of sp³-hybridized carbons (Fsp3) is 1.00. The highest BCUT2D eigenvalue weighted by Crippen LogP contribution is 2.29. The van der Waals surface area contributed by atoms with Crippen LogP contribution in [-0.2, 0) is 0 Å². The van der Waals surface area contributed by atoms with Gasteiger partial charge in [0, 0.05) is 18.6 Å². The minimum atomic E-state index is 0.755. The Labute approximate surface area is 81.7 Å². The van der Waals surface area contributed by atoms with Gasteiger partial charge in [-0.25, -0.2) is 0 Å². The van der Waals surface area contributed by atoms with E-state index in [1.54, 1.807) is 0 Å². The van der Waals surface area contributed by atoms with Crippen molar-refractivity contribution in [2.45, 2.75) is 44.7 Å². The second kappa shape index (κ2) is 3.97. The highest BCUT2D eigenvalue weighted by Gasteiger charge is 2.27. The number of hydrogen-bond acceptors (Lipinski definition) is 2. The van der Waals surface area contributed by atoms with Crippen molar-refractivity contribution in [2.75, 3.05) is 20.1 Å². The maximum Gasteiger partial charge on any atom is 0.0209 e. The second-order valence-electron chi connectivity index (χ2n) is 4.89. The van der Waals surface area contributed by atoms with E-state index in [0.717, 1.165) is 18.0 Å². The van der Waals surface area contributed by atoms with E-state index in [2.05, 4.69) is 24.2 Å². The van der Waals surface area contributed by atoms with Crippen LogP contribution < -0.4 is 5.32 Å². The zero-order valence-corrected chi connectivity index (χ0v) is 8.92.